The summed E-state index contributed by atoms with van der Waals surface area (Å²) < 4.78 is 2.68. The van der Waals surface area contributed by atoms with Gasteiger partial charge >= 0.3 is 0 Å². The quantitative estimate of drug-likeness (QED) is 0.908. The molecule has 7 heteroatoms. The lowest BCUT2D eigenvalue weighted by atomic mass is 10.2. The van der Waals surface area contributed by atoms with Gasteiger partial charge in [0.2, 0.25) is 0 Å². The van der Waals surface area contributed by atoms with Crippen molar-refractivity contribution in [2.45, 2.75) is 6.04 Å². The highest BCUT2D eigenvalue weighted by atomic mass is 79.9. The molecule has 5 nitrogen and oxygen atoms in total. The first-order valence-electron chi connectivity index (χ1n) is 5.53. The smallest absolute Gasteiger partial charge is 0.258 e. The number of aromatic nitrogens is 2. The maximum Gasteiger partial charge on any atom is 0.258 e. The van der Waals surface area contributed by atoms with Crippen LogP contribution in [0.15, 0.2) is 27.5 Å². The fourth-order valence-electron chi connectivity index (χ4n) is 1.78. The monoisotopic (exact) mass is 326 g/mol. The topological polar surface area (TPSA) is 59.0 Å². The molecule has 1 saturated heterocycles. The Morgan fingerprint density at radius 3 is 3.00 bits per heavy atom. The molecule has 0 aliphatic carbocycles. The van der Waals surface area contributed by atoms with E-state index in [1.54, 1.807) is 6.20 Å². The standard InChI is InChI=1S/C11H11BrN4OS/c12-9-6-18-5-8(9)11(17)15-10-1-2-14-16(10)7-3-13-4-7/h1-2,5-7,13H,3-4H2,(H,15,17). The first-order chi connectivity index (χ1) is 8.75. The van der Waals surface area contributed by atoms with E-state index in [0.29, 0.717) is 11.6 Å². The van der Waals surface area contributed by atoms with Gasteiger partial charge in [0.25, 0.3) is 5.91 Å². The van der Waals surface area contributed by atoms with E-state index in [1.165, 1.54) is 11.3 Å². The van der Waals surface area contributed by atoms with Crippen molar-refractivity contribution in [1.82, 2.24) is 15.1 Å². The Hall–Kier alpha value is -1.18. The molecule has 0 radical (unpaired) electrons. The number of nitrogens with zero attached hydrogens (tertiary/aromatic N) is 2. The normalized spacial score (nSPS) is 15.4. The molecule has 1 fully saturated rings. The van der Waals surface area contributed by atoms with Crippen LogP contribution in [0.25, 0.3) is 0 Å². The predicted molar refractivity (Wildman–Crippen MR) is 74.1 cm³/mol. The van der Waals surface area contributed by atoms with Gasteiger partial charge in [-0.2, -0.15) is 16.4 Å². The summed E-state index contributed by atoms with van der Waals surface area (Å²) in [6, 6.07) is 2.15. The summed E-state index contributed by atoms with van der Waals surface area (Å²) in [5.74, 6) is 0.627. The van der Waals surface area contributed by atoms with Gasteiger partial charge in [-0.1, -0.05) is 0 Å². The van der Waals surface area contributed by atoms with Gasteiger partial charge in [0.15, 0.2) is 0 Å². The second-order valence-corrected chi connectivity index (χ2v) is 5.66. The molecule has 0 aromatic carbocycles. The van der Waals surface area contributed by atoms with Crippen molar-refractivity contribution in [1.29, 1.82) is 0 Å². The van der Waals surface area contributed by atoms with E-state index in [1.807, 2.05) is 21.5 Å². The maximum absolute atomic E-state index is 12.1. The fraction of sp³-hybridized carbons (Fsp3) is 0.273. The molecular weight excluding hydrogens is 316 g/mol. The predicted octanol–water partition coefficient (Wildman–Crippen LogP) is 2.10. The van der Waals surface area contributed by atoms with Gasteiger partial charge in [-0.15, -0.1) is 0 Å². The van der Waals surface area contributed by atoms with Crippen LogP contribution >= 0.6 is 27.3 Å². The number of amides is 1. The Bertz CT molecular complexity index is 575. The number of halogens is 1. The second-order valence-electron chi connectivity index (χ2n) is 4.06. The summed E-state index contributed by atoms with van der Waals surface area (Å²) in [4.78, 5) is 12.1. The second kappa shape index (κ2) is 4.83. The molecular formula is C11H11BrN4OS. The Labute approximate surface area is 116 Å². The lowest BCUT2D eigenvalue weighted by Crippen LogP contribution is -2.44. The molecule has 3 rings (SSSR count). The highest BCUT2D eigenvalue weighted by Crippen LogP contribution is 2.23. The van der Waals surface area contributed by atoms with E-state index >= 15 is 0 Å². The Morgan fingerprint density at radius 1 is 1.56 bits per heavy atom. The molecule has 0 atom stereocenters. The lowest BCUT2D eigenvalue weighted by Gasteiger charge is -2.28. The number of hydrogen-bond donors (Lipinski definition) is 2. The van der Waals surface area contributed by atoms with Crippen molar-refractivity contribution in [2.75, 3.05) is 18.4 Å². The van der Waals surface area contributed by atoms with Crippen LogP contribution in [0.2, 0.25) is 0 Å². The molecule has 94 valence electrons. The SMILES string of the molecule is O=C(Nc1ccnn1C1CNC1)c1cscc1Br. The molecule has 2 N–H and O–H groups in total. The van der Waals surface area contributed by atoms with Crippen molar-refractivity contribution in [2.24, 2.45) is 0 Å². The van der Waals surface area contributed by atoms with Crippen molar-refractivity contribution in [3.8, 4) is 0 Å². The van der Waals surface area contributed by atoms with Crippen LogP contribution in [0.1, 0.15) is 16.4 Å². The highest BCUT2D eigenvalue weighted by molar-refractivity contribution is 9.10. The minimum atomic E-state index is -0.114. The van der Waals surface area contributed by atoms with Gasteiger partial charge in [0.1, 0.15) is 5.82 Å². The summed E-state index contributed by atoms with van der Waals surface area (Å²) in [5.41, 5.74) is 0.652. The van der Waals surface area contributed by atoms with E-state index in [4.69, 9.17) is 0 Å². The molecule has 0 spiro atoms. The maximum atomic E-state index is 12.1. The number of carbonyl (C=O) groups is 1. The van der Waals surface area contributed by atoms with Crippen LogP contribution in [0.5, 0.6) is 0 Å². The molecule has 0 bridgehead atoms. The third-order valence-electron chi connectivity index (χ3n) is 2.88. The van der Waals surface area contributed by atoms with Crippen LogP contribution in [-0.2, 0) is 0 Å². The van der Waals surface area contributed by atoms with Crippen LogP contribution < -0.4 is 10.6 Å². The molecule has 1 aliphatic rings. The Morgan fingerprint density at radius 2 is 2.39 bits per heavy atom. The van der Waals surface area contributed by atoms with Crippen LogP contribution in [0.3, 0.4) is 0 Å². The largest absolute Gasteiger partial charge is 0.312 e. The van der Waals surface area contributed by atoms with E-state index in [9.17, 15) is 4.79 Å². The highest BCUT2D eigenvalue weighted by Gasteiger charge is 2.22. The summed E-state index contributed by atoms with van der Waals surface area (Å²) in [6.07, 6.45) is 1.70. The molecule has 1 aliphatic heterocycles. The van der Waals surface area contributed by atoms with Crippen LogP contribution in [0.4, 0.5) is 5.82 Å². The summed E-state index contributed by atoms with van der Waals surface area (Å²) in [6.45, 7) is 1.79. The van der Waals surface area contributed by atoms with Crippen molar-refractivity contribution in [3.05, 3.63) is 33.1 Å². The molecule has 0 saturated carbocycles. The Balaban J connectivity index is 1.78. The first-order valence-corrected chi connectivity index (χ1v) is 7.26. The van der Waals surface area contributed by atoms with Crippen molar-refractivity contribution < 1.29 is 4.79 Å². The average Bonchev–Trinajstić information content (AvgIpc) is 2.86. The number of thiophene rings is 1. The number of rotatable bonds is 3. The zero-order valence-corrected chi connectivity index (χ0v) is 11.8. The third kappa shape index (κ3) is 2.09. The van der Waals surface area contributed by atoms with Crippen molar-refractivity contribution >= 4 is 39.0 Å². The third-order valence-corrected chi connectivity index (χ3v) is 4.58. The van der Waals surface area contributed by atoms with E-state index in [0.717, 1.165) is 23.4 Å². The fourth-order valence-corrected chi connectivity index (χ4v) is 3.23. The van der Waals surface area contributed by atoms with Gasteiger partial charge < -0.3 is 10.6 Å². The molecule has 18 heavy (non-hydrogen) atoms. The van der Waals surface area contributed by atoms with Crippen molar-refractivity contribution in [3.63, 3.8) is 0 Å². The lowest BCUT2D eigenvalue weighted by molar-refractivity contribution is 0.102. The molecule has 2 aromatic rings. The van der Waals surface area contributed by atoms with Crippen LogP contribution in [0, 0.1) is 0 Å². The van der Waals surface area contributed by atoms with E-state index in [2.05, 4.69) is 31.7 Å². The van der Waals surface area contributed by atoms with Gasteiger partial charge in [0, 0.05) is 34.4 Å². The minimum absolute atomic E-state index is 0.114. The summed E-state index contributed by atoms with van der Waals surface area (Å²) in [5, 5.41) is 14.0. The molecule has 3 heterocycles. The van der Waals surface area contributed by atoms with Gasteiger partial charge in [-0.25, -0.2) is 4.68 Å². The average molecular weight is 327 g/mol. The van der Waals surface area contributed by atoms with Crippen LogP contribution in [-0.4, -0.2) is 28.8 Å². The van der Waals surface area contributed by atoms with Gasteiger partial charge in [-0.05, 0) is 15.9 Å². The summed E-state index contributed by atoms with van der Waals surface area (Å²) >= 11 is 4.85. The minimum Gasteiger partial charge on any atom is -0.312 e. The van der Waals surface area contributed by atoms with E-state index in [-0.39, 0.29) is 5.91 Å². The molecule has 2 aromatic heterocycles. The van der Waals surface area contributed by atoms with E-state index < -0.39 is 0 Å². The zero-order chi connectivity index (χ0) is 12.5. The van der Waals surface area contributed by atoms with Gasteiger partial charge in [0.05, 0.1) is 17.8 Å². The molecule has 1 amide bonds. The van der Waals surface area contributed by atoms with Gasteiger partial charge in [-0.3, -0.25) is 4.79 Å². The Kier molecular flexibility index (Phi) is 3.19. The number of carbonyl (C=O) groups excluding carboxylic acids is 1. The summed E-state index contributed by atoms with van der Waals surface area (Å²) in [7, 11) is 0. The number of anilines is 1. The zero-order valence-electron chi connectivity index (χ0n) is 9.39. The molecule has 0 unspecified atom stereocenters. The number of hydrogen-bond acceptors (Lipinski definition) is 4. The first kappa shape index (κ1) is 11.9. The number of nitrogens with one attached hydrogen (secondary N) is 2.